The van der Waals surface area contributed by atoms with Crippen molar-refractivity contribution in [2.75, 3.05) is 27.8 Å². The first-order valence-corrected chi connectivity index (χ1v) is 5.96. The maximum atomic E-state index is 11.4. The molecule has 0 atom stereocenters. The number of hydrogen-bond acceptors (Lipinski definition) is 4. The molecular formula is C14H19NO4. The summed E-state index contributed by atoms with van der Waals surface area (Å²) in [4.78, 5) is 23.8. The van der Waals surface area contributed by atoms with Crippen LogP contribution in [-0.4, -0.2) is 44.4 Å². The minimum atomic E-state index is -0.472. The van der Waals surface area contributed by atoms with Gasteiger partial charge in [0.25, 0.3) is 5.91 Å². The van der Waals surface area contributed by atoms with Crippen molar-refractivity contribution in [3.05, 3.63) is 23.8 Å². The first-order chi connectivity index (χ1) is 8.99. The Hall–Kier alpha value is -2.04. The molecule has 0 aliphatic heterocycles. The van der Waals surface area contributed by atoms with Gasteiger partial charge < -0.3 is 14.4 Å². The lowest BCUT2D eigenvalue weighted by molar-refractivity contribution is -0.142. The predicted octanol–water partition coefficient (Wildman–Crippen LogP) is 1.29. The van der Waals surface area contributed by atoms with Gasteiger partial charge >= 0.3 is 0 Å². The molecule has 0 spiro atoms. The van der Waals surface area contributed by atoms with E-state index in [-0.39, 0.29) is 0 Å². The molecule has 0 N–H and O–H groups in total. The second-order valence-electron chi connectivity index (χ2n) is 4.22. The van der Waals surface area contributed by atoms with Gasteiger partial charge in [-0.15, -0.1) is 0 Å². The van der Waals surface area contributed by atoms with Gasteiger partial charge in [-0.1, -0.05) is 6.07 Å². The Kier molecular flexibility index (Phi) is 5.36. The monoisotopic (exact) mass is 265 g/mol. The average Bonchev–Trinajstić information content (AvgIpc) is 2.43. The molecule has 0 bridgehead atoms. The number of carbonyl (C=O) groups is 2. The van der Waals surface area contributed by atoms with Crippen molar-refractivity contribution >= 4 is 11.7 Å². The molecule has 0 aromatic heterocycles. The molecule has 1 rings (SSSR count). The second-order valence-corrected chi connectivity index (χ2v) is 4.22. The van der Waals surface area contributed by atoms with Crippen LogP contribution in [0.2, 0.25) is 0 Å². The molecule has 0 fully saturated rings. The summed E-state index contributed by atoms with van der Waals surface area (Å²) < 4.78 is 10.4. The average molecular weight is 265 g/mol. The maximum absolute atomic E-state index is 11.4. The molecule has 5 nitrogen and oxygen atoms in total. The van der Waals surface area contributed by atoms with E-state index in [9.17, 15) is 9.59 Å². The zero-order valence-corrected chi connectivity index (χ0v) is 11.7. The number of likely N-dealkylation sites (N-methyl/N-ethyl adjacent to an activating group) is 1. The van der Waals surface area contributed by atoms with E-state index in [0.717, 1.165) is 5.56 Å². The molecule has 5 heteroatoms. The largest absolute Gasteiger partial charge is 0.493 e. The van der Waals surface area contributed by atoms with Crippen LogP contribution < -0.4 is 9.47 Å². The SMILES string of the molecule is COc1ccc(CCN(C)C(=O)C(C)=O)cc1OC. The highest BCUT2D eigenvalue weighted by Crippen LogP contribution is 2.27. The van der Waals surface area contributed by atoms with Gasteiger partial charge in [0.05, 0.1) is 14.2 Å². The van der Waals surface area contributed by atoms with E-state index in [0.29, 0.717) is 24.5 Å². The summed E-state index contributed by atoms with van der Waals surface area (Å²) in [5.74, 6) is 0.398. The molecule has 0 saturated carbocycles. The minimum absolute atomic E-state index is 0.449. The van der Waals surface area contributed by atoms with Gasteiger partial charge in [-0.05, 0) is 24.1 Å². The lowest BCUT2D eigenvalue weighted by Crippen LogP contribution is -2.33. The van der Waals surface area contributed by atoms with Gasteiger partial charge in [0.1, 0.15) is 0 Å². The molecule has 1 aromatic carbocycles. The van der Waals surface area contributed by atoms with Gasteiger partial charge in [-0.3, -0.25) is 9.59 Å². The number of rotatable bonds is 6. The Morgan fingerprint density at radius 2 is 1.79 bits per heavy atom. The summed E-state index contributed by atoms with van der Waals surface area (Å²) in [5, 5.41) is 0. The van der Waals surface area contributed by atoms with Gasteiger partial charge in [0.15, 0.2) is 11.5 Å². The van der Waals surface area contributed by atoms with E-state index >= 15 is 0 Å². The lowest BCUT2D eigenvalue weighted by atomic mass is 10.1. The third-order valence-electron chi connectivity index (χ3n) is 2.83. The molecular weight excluding hydrogens is 246 g/mol. The van der Waals surface area contributed by atoms with Crippen LogP contribution in [0.5, 0.6) is 11.5 Å². The van der Waals surface area contributed by atoms with Crippen LogP contribution in [0.15, 0.2) is 18.2 Å². The van der Waals surface area contributed by atoms with Crippen molar-refractivity contribution in [1.82, 2.24) is 4.90 Å². The van der Waals surface area contributed by atoms with Crippen LogP contribution in [0.1, 0.15) is 12.5 Å². The van der Waals surface area contributed by atoms with Crippen molar-refractivity contribution in [3.63, 3.8) is 0 Å². The predicted molar refractivity (Wildman–Crippen MR) is 71.6 cm³/mol. The molecule has 0 aliphatic rings. The van der Waals surface area contributed by atoms with Gasteiger partial charge in [-0.2, -0.15) is 0 Å². The summed E-state index contributed by atoms with van der Waals surface area (Å²) in [5.41, 5.74) is 1.01. The van der Waals surface area contributed by atoms with Crippen LogP contribution >= 0.6 is 0 Å². The van der Waals surface area contributed by atoms with Gasteiger partial charge in [-0.25, -0.2) is 0 Å². The van der Waals surface area contributed by atoms with Crippen molar-refractivity contribution < 1.29 is 19.1 Å². The highest BCUT2D eigenvalue weighted by atomic mass is 16.5. The molecule has 19 heavy (non-hydrogen) atoms. The van der Waals surface area contributed by atoms with Crippen LogP contribution in [0.25, 0.3) is 0 Å². The highest BCUT2D eigenvalue weighted by Gasteiger charge is 2.13. The van der Waals surface area contributed by atoms with Crippen molar-refractivity contribution in [3.8, 4) is 11.5 Å². The number of amides is 1. The molecule has 0 aliphatic carbocycles. The highest BCUT2D eigenvalue weighted by molar-refractivity contribution is 6.34. The molecule has 1 amide bonds. The molecule has 104 valence electrons. The number of Topliss-reactive ketones (excluding diaryl/α,β-unsaturated/α-hetero) is 1. The quantitative estimate of drug-likeness (QED) is 0.727. The van der Waals surface area contributed by atoms with E-state index < -0.39 is 11.7 Å². The van der Waals surface area contributed by atoms with E-state index in [1.165, 1.54) is 11.8 Å². The third kappa shape index (κ3) is 3.98. The van der Waals surface area contributed by atoms with Crippen molar-refractivity contribution in [2.45, 2.75) is 13.3 Å². The Morgan fingerprint density at radius 3 is 2.32 bits per heavy atom. The molecule has 0 heterocycles. The van der Waals surface area contributed by atoms with E-state index in [1.807, 2.05) is 18.2 Å². The minimum Gasteiger partial charge on any atom is -0.493 e. The zero-order chi connectivity index (χ0) is 14.4. The third-order valence-corrected chi connectivity index (χ3v) is 2.83. The van der Waals surface area contributed by atoms with Gasteiger partial charge in [0.2, 0.25) is 5.78 Å². The summed E-state index contributed by atoms with van der Waals surface area (Å²) in [6, 6.07) is 5.60. The lowest BCUT2D eigenvalue weighted by Gasteiger charge is -2.16. The Morgan fingerprint density at radius 1 is 1.16 bits per heavy atom. The number of benzene rings is 1. The fourth-order valence-electron chi connectivity index (χ4n) is 1.70. The first kappa shape index (κ1) is 15.0. The summed E-state index contributed by atoms with van der Waals surface area (Å²) in [7, 11) is 4.77. The smallest absolute Gasteiger partial charge is 0.289 e. The fraction of sp³-hybridized carbons (Fsp3) is 0.429. The molecule has 0 radical (unpaired) electrons. The first-order valence-electron chi connectivity index (χ1n) is 5.96. The van der Waals surface area contributed by atoms with Crippen LogP contribution in [0, 0.1) is 0 Å². The Labute approximate surface area is 113 Å². The second kappa shape index (κ2) is 6.78. The van der Waals surface area contributed by atoms with Crippen LogP contribution in [0.4, 0.5) is 0 Å². The van der Waals surface area contributed by atoms with Crippen LogP contribution in [0.3, 0.4) is 0 Å². The number of hydrogen-bond donors (Lipinski definition) is 0. The maximum Gasteiger partial charge on any atom is 0.289 e. The Bertz CT molecular complexity index is 471. The topological polar surface area (TPSA) is 55.8 Å². The van der Waals surface area contributed by atoms with Gasteiger partial charge in [0, 0.05) is 20.5 Å². The van der Waals surface area contributed by atoms with E-state index in [4.69, 9.17) is 9.47 Å². The van der Waals surface area contributed by atoms with E-state index in [1.54, 1.807) is 21.3 Å². The van der Waals surface area contributed by atoms with Crippen molar-refractivity contribution in [2.24, 2.45) is 0 Å². The van der Waals surface area contributed by atoms with Crippen molar-refractivity contribution in [1.29, 1.82) is 0 Å². The fourth-order valence-corrected chi connectivity index (χ4v) is 1.70. The summed E-state index contributed by atoms with van der Waals surface area (Å²) >= 11 is 0. The summed E-state index contributed by atoms with van der Waals surface area (Å²) in [6.07, 6.45) is 0.649. The molecule has 1 aromatic rings. The zero-order valence-electron chi connectivity index (χ0n) is 11.7. The Balaban J connectivity index is 2.68. The number of ether oxygens (including phenoxy) is 2. The number of ketones is 1. The molecule has 0 unspecified atom stereocenters. The normalized spacial score (nSPS) is 9.89. The molecule has 0 saturated heterocycles. The number of methoxy groups -OCH3 is 2. The van der Waals surface area contributed by atoms with Crippen LogP contribution in [-0.2, 0) is 16.0 Å². The van der Waals surface area contributed by atoms with E-state index in [2.05, 4.69) is 0 Å². The number of nitrogens with zero attached hydrogens (tertiary/aromatic N) is 1. The number of carbonyl (C=O) groups excluding carboxylic acids is 2. The summed E-state index contributed by atoms with van der Waals surface area (Å²) in [6.45, 7) is 1.75. The standard InChI is InChI=1S/C14H19NO4/c1-10(16)14(17)15(2)8-7-11-5-6-12(18-3)13(9-11)19-4/h5-6,9H,7-8H2,1-4H3.